The number of ether oxygens (including phenoxy) is 1. The Morgan fingerprint density at radius 3 is 2.38 bits per heavy atom. The number of hydrogen-bond acceptors (Lipinski definition) is 5. The van der Waals surface area contributed by atoms with E-state index in [4.69, 9.17) is 4.74 Å². The summed E-state index contributed by atoms with van der Waals surface area (Å²) >= 11 is 1.62. The fourth-order valence-electron chi connectivity index (χ4n) is 2.50. The molecule has 134 valence electrons. The van der Waals surface area contributed by atoms with Crippen molar-refractivity contribution in [3.8, 4) is 0 Å². The van der Waals surface area contributed by atoms with Gasteiger partial charge >= 0.3 is 6.09 Å². The minimum atomic E-state index is -0.290. The average molecular weight is 353 g/mol. The zero-order valence-corrected chi connectivity index (χ0v) is 15.8. The molecule has 6 nitrogen and oxygen atoms in total. The van der Waals surface area contributed by atoms with Gasteiger partial charge in [0.2, 0.25) is 5.91 Å². The SMILES string of the molecule is CCOC(=O)N1CCN(C(=O)CCc2nc(C(C)(C)C)cs2)CC1. The van der Waals surface area contributed by atoms with Crippen molar-refractivity contribution in [2.45, 2.75) is 46.0 Å². The summed E-state index contributed by atoms with van der Waals surface area (Å²) in [7, 11) is 0. The second kappa shape index (κ2) is 7.96. The maximum atomic E-state index is 12.3. The number of aryl methyl sites for hydroxylation is 1. The Morgan fingerprint density at radius 2 is 1.83 bits per heavy atom. The van der Waals surface area contributed by atoms with Crippen LogP contribution >= 0.6 is 11.3 Å². The van der Waals surface area contributed by atoms with E-state index in [-0.39, 0.29) is 17.4 Å². The smallest absolute Gasteiger partial charge is 0.409 e. The number of aromatic nitrogens is 1. The molecule has 0 N–H and O–H groups in total. The van der Waals surface area contributed by atoms with Crippen molar-refractivity contribution in [2.75, 3.05) is 32.8 Å². The lowest BCUT2D eigenvalue weighted by Crippen LogP contribution is -2.50. The predicted molar refractivity (Wildman–Crippen MR) is 94.3 cm³/mol. The first-order valence-electron chi connectivity index (χ1n) is 8.45. The molecule has 7 heteroatoms. The Morgan fingerprint density at radius 1 is 1.21 bits per heavy atom. The summed E-state index contributed by atoms with van der Waals surface area (Å²) in [6.45, 7) is 10.8. The molecular formula is C17H27N3O3S. The molecular weight excluding hydrogens is 326 g/mol. The molecule has 1 fully saturated rings. The van der Waals surface area contributed by atoms with Crippen LogP contribution in [0.1, 0.15) is 44.8 Å². The Hall–Kier alpha value is -1.63. The van der Waals surface area contributed by atoms with Crippen LogP contribution in [-0.4, -0.2) is 59.6 Å². The Kier molecular flexibility index (Phi) is 6.21. The summed E-state index contributed by atoms with van der Waals surface area (Å²) in [4.78, 5) is 32.1. The Balaban J connectivity index is 1.78. The third-order valence-corrected chi connectivity index (χ3v) is 4.94. The van der Waals surface area contributed by atoms with Gasteiger partial charge in [-0.15, -0.1) is 11.3 Å². The summed E-state index contributed by atoms with van der Waals surface area (Å²) < 4.78 is 4.99. The molecule has 1 saturated heterocycles. The van der Waals surface area contributed by atoms with E-state index >= 15 is 0 Å². The van der Waals surface area contributed by atoms with Crippen LogP contribution in [0.4, 0.5) is 4.79 Å². The number of hydrogen-bond donors (Lipinski definition) is 0. The van der Waals surface area contributed by atoms with Gasteiger partial charge < -0.3 is 14.5 Å². The van der Waals surface area contributed by atoms with E-state index in [2.05, 4.69) is 31.1 Å². The highest BCUT2D eigenvalue weighted by molar-refractivity contribution is 7.09. The first-order valence-corrected chi connectivity index (χ1v) is 9.33. The molecule has 0 atom stereocenters. The third-order valence-electron chi connectivity index (χ3n) is 4.03. The van der Waals surface area contributed by atoms with E-state index in [1.807, 2.05) is 4.90 Å². The number of nitrogens with zero attached hydrogens (tertiary/aromatic N) is 3. The van der Waals surface area contributed by atoms with Crippen molar-refractivity contribution < 1.29 is 14.3 Å². The highest BCUT2D eigenvalue weighted by atomic mass is 32.1. The maximum Gasteiger partial charge on any atom is 0.409 e. The zero-order chi connectivity index (χ0) is 17.7. The van der Waals surface area contributed by atoms with E-state index in [0.717, 1.165) is 10.7 Å². The second-order valence-electron chi connectivity index (χ2n) is 6.94. The average Bonchev–Trinajstić information content (AvgIpc) is 3.02. The molecule has 0 aliphatic carbocycles. The molecule has 0 unspecified atom stereocenters. The first-order chi connectivity index (χ1) is 11.3. The van der Waals surface area contributed by atoms with Crippen molar-refractivity contribution in [2.24, 2.45) is 0 Å². The summed E-state index contributed by atoms with van der Waals surface area (Å²) in [5.41, 5.74) is 1.13. The topological polar surface area (TPSA) is 62.7 Å². The van der Waals surface area contributed by atoms with Crippen molar-refractivity contribution >= 4 is 23.3 Å². The molecule has 0 radical (unpaired) electrons. The molecule has 2 rings (SSSR count). The van der Waals surface area contributed by atoms with Crippen LogP contribution in [0.15, 0.2) is 5.38 Å². The number of rotatable bonds is 4. The lowest BCUT2D eigenvalue weighted by molar-refractivity contribution is -0.132. The molecule has 24 heavy (non-hydrogen) atoms. The van der Waals surface area contributed by atoms with Crippen LogP contribution < -0.4 is 0 Å². The van der Waals surface area contributed by atoms with Gasteiger partial charge in [0.15, 0.2) is 0 Å². The van der Waals surface area contributed by atoms with Gasteiger partial charge in [0.05, 0.1) is 17.3 Å². The fraction of sp³-hybridized carbons (Fsp3) is 0.706. The number of carbonyl (C=O) groups excluding carboxylic acids is 2. The lowest BCUT2D eigenvalue weighted by Gasteiger charge is -2.34. The number of carbonyl (C=O) groups is 2. The van der Waals surface area contributed by atoms with Crippen molar-refractivity contribution in [1.82, 2.24) is 14.8 Å². The highest BCUT2D eigenvalue weighted by Crippen LogP contribution is 2.24. The predicted octanol–water partition coefficient (Wildman–Crippen LogP) is 2.67. The van der Waals surface area contributed by atoms with Gasteiger partial charge in [-0.25, -0.2) is 9.78 Å². The van der Waals surface area contributed by atoms with Crippen molar-refractivity contribution in [3.63, 3.8) is 0 Å². The van der Waals surface area contributed by atoms with Crippen LogP contribution in [0.5, 0.6) is 0 Å². The van der Waals surface area contributed by atoms with Gasteiger partial charge in [-0.05, 0) is 6.92 Å². The van der Waals surface area contributed by atoms with Gasteiger partial charge in [0, 0.05) is 49.8 Å². The number of thiazole rings is 1. The largest absolute Gasteiger partial charge is 0.450 e. The van der Waals surface area contributed by atoms with Crippen LogP contribution in [0.2, 0.25) is 0 Å². The molecule has 2 heterocycles. The Bertz CT molecular complexity index is 572. The van der Waals surface area contributed by atoms with Gasteiger partial charge in [-0.2, -0.15) is 0 Å². The minimum absolute atomic E-state index is 0.0438. The maximum absolute atomic E-state index is 12.3. The summed E-state index contributed by atoms with van der Waals surface area (Å²) in [5, 5.41) is 3.09. The first kappa shape index (κ1) is 18.7. The molecule has 0 aromatic carbocycles. The molecule has 0 spiro atoms. The van der Waals surface area contributed by atoms with Crippen LogP contribution in [0, 0.1) is 0 Å². The molecule has 1 aliphatic rings. The Labute approximate surface area is 147 Å². The number of piperazine rings is 1. The van der Waals surface area contributed by atoms with Gasteiger partial charge in [-0.1, -0.05) is 20.8 Å². The molecule has 0 saturated carbocycles. The quantitative estimate of drug-likeness (QED) is 0.835. The minimum Gasteiger partial charge on any atom is -0.450 e. The van der Waals surface area contributed by atoms with E-state index < -0.39 is 0 Å². The summed E-state index contributed by atoms with van der Waals surface area (Å²) in [6.07, 6.45) is 0.857. The van der Waals surface area contributed by atoms with Crippen LogP contribution in [0.25, 0.3) is 0 Å². The van der Waals surface area contributed by atoms with E-state index in [9.17, 15) is 9.59 Å². The van der Waals surface area contributed by atoms with Crippen molar-refractivity contribution in [3.05, 3.63) is 16.1 Å². The van der Waals surface area contributed by atoms with Crippen LogP contribution in [0.3, 0.4) is 0 Å². The molecule has 0 bridgehead atoms. The lowest BCUT2D eigenvalue weighted by atomic mass is 9.93. The number of amides is 2. The molecule has 2 amide bonds. The molecule has 1 aromatic heterocycles. The van der Waals surface area contributed by atoms with Crippen LogP contribution in [-0.2, 0) is 21.4 Å². The molecule has 1 aromatic rings. The van der Waals surface area contributed by atoms with E-state index in [1.54, 1.807) is 23.2 Å². The van der Waals surface area contributed by atoms with Gasteiger partial charge in [-0.3, -0.25) is 4.79 Å². The van der Waals surface area contributed by atoms with Gasteiger partial charge in [0.25, 0.3) is 0 Å². The monoisotopic (exact) mass is 353 g/mol. The third kappa shape index (κ3) is 4.93. The highest BCUT2D eigenvalue weighted by Gasteiger charge is 2.25. The normalized spacial score (nSPS) is 15.5. The summed E-state index contributed by atoms with van der Waals surface area (Å²) in [6, 6.07) is 0. The second-order valence-corrected chi connectivity index (χ2v) is 7.89. The van der Waals surface area contributed by atoms with Gasteiger partial charge in [0.1, 0.15) is 0 Å². The molecule has 1 aliphatic heterocycles. The standard InChI is InChI=1S/C17H27N3O3S/c1-5-23-16(22)20-10-8-19(9-11-20)15(21)7-6-14-18-13(12-24-14)17(2,3)4/h12H,5-11H2,1-4H3. The fourth-order valence-corrected chi connectivity index (χ4v) is 3.52. The zero-order valence-electron chi connectivity index (χ0n) is 15.0. The summed E-state index contributed by atoms with van der Waals surface area (Å²) in [5.74, 6) is 0.131. The van der Waals surface area contributed by atoms with Crippen molar-refractivity contribution in [1.29, 1.82) is 0 Å². The van der Waals surface area contributed by atoms with E-state index in [1.165, 1.54) is 0 Å². The van der Waals surface area contributed by atoms with E-state index in [0.29, 0.717) is 45.6 Å².